The lowest BCUT2D eigenvalue weighted by atomic mass is 10.0. The monoisotopic (exact) mass is 323 g/mol. The van der Waals surface area contributed by atoms with Crippen LogP contribution in [0.15, 0.2) is 23.1 Å². The summed E-state index contributed by atoms with van der Waals surface area (Å²) in [6.45, 7) is 11.2. The van der Waals surface area contributed by atoms with Crippen LogP contribution in [0.2, 0.25) is 0 Å². The maximum atomic E-state index is 12.5. The normalized spacial score (nSPS) is 13.0. The van der Waals surface area contributed by atoms with Gasteiger partial charge in [0.05, 0.1) is 4.75 Å². The minimum atomic E-state index is -1.00. The first-order chi connectivity index (χ1) is 10.0. The molecule has 4 nitrogen and oxygen atoms in total. The standard InChI is InChI=1S/C17H25NO3S/c1-10(2)14(15(19)20)18-16(21)17(5,6)22-13-8-7-11(3)9-12(13)4/h7-10,14H,1-6H3,(H,18,21)(H,19,20). The van der Waals surface area contributed by atoms with Gasteiger partial charge in [-0.2, -0.15) is 0 Å². The molecule has 1 unspecified atom stereocenters. The highest BCUT2D eigenvalue weighted by molar-refractivity contribution is 8.01. The average molecular weight is 323 g/mol. The predicted molar refractivity (Wildman–Crippen MR) is 90.3 cm³/mol. The number of aliphatic carboxylic acids is 1. The molecule has 5 heteroatoms. The van der Waals surface area contributed by atoms with Gasteiger partial charge < -0.3 is 10.4 Å². The molecule has 0 fully saturated rings. The van der Waals surface area contributed by atoms with Crippen LogP contribution in [0, 0.1) is 19.8 Å². The summed E-state index contributed by atoms with van der Waals surface area (Å²) in [4.78, 5) is 24.7. The zero-order valence-corrected chi connectivity index (χ0v) is 14.9. The Labute approximate surface area is 136 Å². The number of carbonyl (C=O) groups is 2. The fourth-order valence-corrected chi connectivity index (χ4v) is 3.12. The van der Waals surface area contributed by atoms with Crippen molar-refractivity contribution >= 4 is 23.6 Å². The molecule has 0 radical (unpaired) electrons. The zero-order chi connectivity index (χ0) is 17.1. The molecule has 1 rings (SSSR count). The molecule has 1 aromatic carbocycles. The number of amides is 1. The highest BCUT2D eigenvalue weighted by Crippen LogP contribution is 2.35. The van der Waals surface area contributed by atoms with Gasteiger partial charge in [0, 0.05) is 4.90 Å². The average Bonchev–Trinajstić information content (AvgIpc) is 2.38. The Morgan fingerprint density at radius 2 is 1.82 bits per heavy atom. The van der Waals surface area contributed by atoms with Gasteiger partial charge in [-0.05, 0) is 45.2 Å². The highest BCUT2D eigenvalue weighted by atomic mass is 32.2. The Hall–Kier alpha value is -1.49. The van der Waals surface area contributed by atoms with Gasteiger partial charge in [-0.25, -0.2) is 4.79 Å². The minimum absolute atomic E-state index is 0.164. The minimum Gasteiger partial charge on any atom is -0.480 e. The van der Waals surface area contributed by atoms with Crippen molar-refractivity contribution in [3.05, 3.63) is 29.3 Å². The second-order valence-corrected chi connectivity index (χ2v) is 8.08. The van der Waals surface area contributed by atoms with Crippen molar-refractivity contribution in [1.29, 1.82) is 0 Å². The van der Waals surface area contributed by atoms with Gasteiger partial charge in [0.2, 0.25) is 5.91 Å². The van der Waals surface area contributed by atoms with Crippen LogP contribution >= 0.6 is 11.8 Å². The largest absolute Gasteiger partial charge is 0.480 e. The summed E-state index contributed by atoms with van der Waals surface area (Å²) in [5.74, 6) is -1.43. The molecule has 0 aromatic heterocycles. The Morgan fingerprint density at radius 3 is 2.27 bits per heavy atom. The van der Waals surface area contributed by atoms with Crippen molar-refractivity contribution in [2.45, 2.75) is 57.2 Å². The Balaban J connectivity index is 2.88. The van der Waals surface area contributed by atoms with Crippen LogP contribution in [0.5, 0.6) is 0 Å². The van der Waals surface area contributed by atoms with Gasteiger partial charge in [0.15, 0.2) is 0 Å². The van der Waals surface area contributed by atoms with E-state index in [1.54, 1.807) is 13.8 Å². The number of carboxylic acids is 1. The molecule has 0 bridgehead atoms. The van der Waals surface area contributed by atoms with E-state index in [-0.39, 0.29) is 11.8 Å². The molecule has 122 valence electrons. The molecule has 1 atom stereocenters. The number of benzene rings is 1. The zero-order valence-electron chi connectivity index (χ0n) is 14.1. The Kier molecular flexibility index (Phi) is 6.06. The van der Waals surface area contributed by atoms with Crippen molar-refractivity contribution in [1.82, 2.24) is 5.32 Å². The van der Waals surface area contributed by atoms with E-state index in [0.717, 1.165) is 10.5 Å². The molecule has 1 aromatic rings. The summed E-state index contributed by atoms with van der Waals surface area (Å²) < 4.78 is -0.747. The molecule has 1 amide bonds. The second-order valence-electron chi connectivity index (χ2n) is 6.41. The first-order valence-electron chi connectivity index (χ1n) is 7.34. The number of carboxylic acid groups (broad SMARTS) is 1. The van der Waals surface area contributed by atoms with Crippen LogP contribution < -0.4 is 5.32 Å². The summed E-state index contributed by atoms with van der Waals surface area (Å²) in [5, 5.41) is 11.8. The maximum Gasteiger partial charge on any atom is 0.326 e. The van der Waals surface area contributed by atoms with Crippen molar-refractivity contribution in [2.24, 2.45) is 5.92 Å². The van der Waals surface area contributed by atoms with Crippen LogP contribution in [0.3, 0.4) is 0 Å². The smallest absolute Gasteiger partial charge is 0.326 e. The third kappa shape index (κ3) is 4.77. The summed E-state index contributed by atoms with van der Waals surface area (Å²) in [7, 11) is 0. The second kappa shape index (κ2) is 7.18. The van der Waals surface area contributed by atoms with Gasteiger partial charge in [0.1, 0.15) is 6.04 Å². The van der Waals surface area contributed by atoms with Crippen molar-refractivity contribution in [3.63, 3.8) is 0 Å². The van der Waals surface area contributed by atoms with Crippen LogP contribution in [-0.4, -0.2) is 27.8 Å². The van der Waals surface area contributed by atoms with Gasteiger partial charge in [-0.3, -0.25) is 4.79 Å². The van der Waals surface area contributed by atoms with Crippen LogP contribution in [0.25, 0.3) is 0 Å². The molecule has 0 saturated heterocycles. The number of carbonyl (C=O) groups excluding carboxylic acids is 1. The van der Waals surface area contributed by atoms with Gasteiger partial charge in [0.25, 0.3) is 0 Å². The van der Waals surface area contributed by atoms with E-state index in [4.69, 9.17) is 0 Å². The van der Waals surface area contributed by atoms with E-state index in [2.05, 4.69) is 11.4 Å². The van der Waals surface area contributed by atoms with Gasteiger partial charge >= 0.3 is 5.97 Å². The third-order valence-electron chi connectivity index (χ3n) is 3.46. The van der Waals surface area contributed by atoms with Crippen LogP contribution in [-0.2, 0) is 9.59 Å². The summed E-state index contributed by atoms with van der Waals surface area (Å²) in [6, 6.07) is 5.22. The topological polar surface area (TPSA) is 66.4 Å². The number of aryl methyl sites for hydroxylation is 2. The SMILES string of the molecule is Cc1ccc(SC(C)(C)C(=O)NC(C(=O)O)C(C)C)c(C)c1. The fourth-order valence-electron chi connectivity index (χ4n) is 2.06. The lowest BCUT2D eigenvalue weighted by Crippen LogP contribution is -2.50. The molecule has 0 aliphatic rings. The molecular weight excluding hydrogens is 298 g/mol. The van der Waals surface area contributed by atoms with E-state index in [1.807, 2.05) is 39.8 Å². The maximum absolute atomic E-state index is 12.5. The highest BCUT2D eigenvalue weighted by Gasteiger charge is 2.33. The molecule has 0 saturated carbocycles. The number of hydrogen-bond donors (Lipinski definition) is 2. The fraction of sp³-hybridized carbons (Fsp3) is 0.529. The number of hydrogen-bond acceptors (Lipinski definition) is 3. The van der Waals surface area contributed by atoms with E-state index < -0.39 is 16.8 Å². The van der Waals surface area contributed by atoms with Gasteiger partial charge in [-0.1, -0.05) is 31.5 Å². The lowest BCUT2D eigenvalue weighted by molar-refractivity contribution is -0.143. The molecule has 22 heavy (non-hydrogen) atoms. The Morgan fingerprint density at radius 1 is 1.23 bits per heavy atom. The van der Waals surface area contributed by atoms with Gasteiger partial charge in [-0.15, -0.1) is 11.8 Å². The van der Waals surface area contributed by atoms with Crippen LogP contribution in [0.1, 0.15) is 38.8 Å². The number of nitrogens with one attached hydrogen (secondary N) is 1. The summed E-state index contributed by atoms with van der Waals surface area (Å²) >= 11 is 1.45. The Bertz CT molecular complexity index is 567. The van der Waals surface area contributed by atoms with Crippen LogP contribution in [0.4, 0.5) is 0 Å². The van der Waals surface area contributed by atoms with Crippen molar-refractivity contribution < 1.29 is 14.7 Å². The quantitative estimate of drug-likeness (QED) is 0.788. The van der Waals surface area contributed by atoms with E-state index in [9.17, 15) is 14.7 Å². The molecule has 0 spiro atoms. The molecule has 0 aliphatic heterocycles. The van der Waals surface area contributed by atoms with Crippen molar-refractivity contribution in [3.8, 4) is 0 Å². The van der Waals surface area contributed by atoms with E-state index >= 15 is 0 Å². The molecule has 0 heterocycles. The van der Waals surface area contributed by atoms with E-state index in [1.165, 1.54) is 17.3 Å². The van der Waals surface area contributed by atoms with Crippen molar-refractivity contribution in [2.75, 3.05) is 0 Å². The third-order valence-corrected chi connectivity index (χ3v) is 4.84. The van der Waals surface area contributed by atoms with E-state index in [0.29, 0.717) is 0 Å². The molecule has 2 N–H and O–H groups in total. The first kappa shape index (κ1) is 18.6. The number of thioether (sulfide) groups is 1. The lowest BCUT2D eigenvalue weighted by Gasteiger charge is -2.27. The first-order valence-corrected chi connectivity index (χ1v) is 8.16. The molecule has 0 aliphatic carbocycles. The number of rotatable bonds is 6. The summed E-state index contributed by atoms with van der Waals surface area (Å²) in [6.07, 6.45) is 0. The predicted octanol–water partition coefficient (Wildman–Crippen LogP) is 3.40. The molecular formula is C17H25NO3S. The summed E-state index contributed by atoms with van der Waals surface area (Å²) in [5.41, 5.74) is 2.29.